The molecule has 0 bridgehead atoms. The summed E-state index contributed by atoms with van der Waals surface area (Å²) in [7, 11) is 0. The van der Waals surface area contributed by atoms with Crippen LogP contribution in [0.3, 0.4) is 0 Å². The zero-order valence-electron chi connectivity index (χ0n) is 15.8. The number of ether oxygens (including phenoxy) is 1. The average Bonchev–Trinajstić information content (AvgIpc) is 2.63. The first-order valence-corrected chi connectivity index (χ1v) is 9.97. The molecule has 0 spiro atoms. The lowest BCUT2D eigenvalue weighted by molar-refractivity contribution is 0.286. The zero-order chi connectivity index (χ0) is 18.1. The van der Waals surface area contributed by atoms with E-state index in [1.807, 2.05) is 0 Å². The third-order valence-electron chi connectivity index (χ3n) is 5.13. The minimum atomic E-state index is -0.847. The van der Waals surface area contributed by atoms with Crippen LogP contribution in [0.2, 0.25) is 0 Å². The van der Waals surface area contributed by atoms with Crippen LogP contribution >= 0.6 is 0 Å². The van der Waals surface area contributed by atoms with Crippen molar-refractivity contribution < 1.29 is 13.5 Å². The molecule has 0 aliphatic heterocycles. The molecule has 1 aliphatic carbocycles. The molecule has 0 saturated heterocycles. The van der Waals surface area contributed by atoms with Crippen molar-refractivity contribution >= 4 is 5.57 Å². The Balaban J connectivity index is 1.97. The molecule has 1 aromatic rings. The minimum absolute atomic E-state index is 0.0335. The summed E-state index contributed by atoms with van der Waals surface area (Å²) in [6.07, 6.45) is 13.0. The summed E-state index contributed by atoms with van der Waals surface area (Å²) in [4.78, 5) is 0. The van der Waals surface area contributed by atoms with Gasteiger partial charge < -0.3 is 4.74 Å². The first kappa shape index (κ1) is 19.9. The minimum Gasteiger partial charge on any atom is -0.490 e. The Morgan fingerprint density at radius 2 is 1.76 bits per heavy atom. The Bertz CT molecular complexity index is 565. The summed E-state index contributed by atoms with van der Waals surface area (Å²) in [5.74, 6) is -0.876. The highest BCUT2D eigenvalue weighted by atomic mass is 19.2. The zero-order valence-corrected chi connectivity index (χ0v) is 15.8. The van der Waals surface area contributed by atoms with E-state index in [-0.39, 0.29) is 5.75 Å². The Kier molecular flexibility index (Phi) is 8.43. The van der Waals surface area contributed by atoms with Crippen LogP contribution in [0.25, 0.3) is 5.57 Å². The lowest BCUT2D eigenvalue weighted by Gasteiger charge is -2.22. The molecule has 2 rings (SSSR count). The van der Waals surface area contributed by atoms with E-state index < -0.39 is 11.6 Å². The topological polar surface area (TPSA) is 9.23 Å². The third-order valence-corrected chi connectivity index (χ3v) is 5.13. The largest absolute Gasteiger partial charge is 0.490 e. The van der Waals surface area contributed by atoms with Crippen LogP contribution in [-0.2, 0) is 0 Å². The van der Waals surface area contributed by atoms with Crippen LogP contribution in [-0.4, -0.2) is 6.61 Å². The molecule has 25 heavy (non-hydrogen) atoms. The quantitative estimate of drug-likeness (QED) is 0.402. The maximum Gasteiger partial charge on any atom is 0.201 e. The van der Waals surface area contributed by atoms with Crippen molar-refractivity contribution in [2.24, 2.45) is 5.92 Å². The molecule has 0 heterocycles. The molecule has 1 unspecified atom stereocenters. The smallest absolute Gasteiger partial charge is 0.201 e. The Morgan fingerprint density at radius 1 is 1.00 bits per heavy atom. The van der Waals surface area contributed by atoms with Crippen LogP contribution in [0.4, 0.5) is 8.78 Å². The molecule has 140 valence electrons. The standard InChI is InChI=1S/C22H32F2O/c1-3-5-7-9-17-10-12-18(13-11-17)19-14-15-20(22(24)21(19)23)25-16-8-6-4-2/h12,14-15,17H,3-11,13,16H2,1-2H3. The van der Waals surface area contributed by atoms with Gasteiger partial charge in [0.25, 0.3) is 0 Å². The Hall–Kier alpha value is -1.38. The molecule has 1 aliphatic rings. The number of unbranched alkanes of at least 4 members (excludes halogenated alkanes) is 4. The molecule has 0 N–H and O–H groups in total. The van der Waals surface area contributed by atoms with Gasteiger partial charge in [-0.15, -0.1) is 0 Å². The van der Waals surface area contributed by atoms with E-state index in [0.29, 0.717) is 18.1 Å². The van der Waals surface area contributed by atoms with Gasteiger partial charge in [0, 0.05) is 5.56 Å². The Labute approximate surface area is 151 Å². The molecular weight excluding hydrogens is 318 g/mol. The van der Waals surface area contributed by atoms with Crippen molar-refractivity contribution in [2.45, 2.75) is 78.1 Å². The molecule has 1 atom stereocenters. The fourth-order valence-electron chi connectivity index (χ4n) is 3.50. The summed E-state index contributed by atoms with van der Waals surface area (Å²) in [6.45, 7) is 4.75. The van der Waals surface area contributed by atoms with Gasteiger partial charge in [0.1, 0.15) is 0 Å². The van der Waals surface area contributed by atoms with Gasteiger partial charge >= 0.3 is 0 Å². The van der Waals surface area contributed by atoms with Gasteiger partial charge in [0.05, 0.1) is 6.61 Å². The van der Waals surface area contributed by atoms with Crippen molar-refractivity contribution in [2.75, 3.05) is 6.61 Å². The second-order valence-corrected chi connectivity index (χ2v) is 7.16. The molecule has 1 aromatic carbocycles. The first-order valence-electron chi connectivity index (χ1n) is 9.97. The molecule has 0 aromatic heterocycles. The van der Waals surface area contributed by atoms with Crippen molar-refractivity contribution in [3.8, 4) is 5.75 Å². The summed E-state index contributed by atoms with van der Waals surface area (Å²) in [6, 6.07) is 3.25. The third kappa shape index (κ3) is 5.83. The molecule has 0 saturated carbocycles. The predicted octanol–water partition coefficient (Wildman–Crippen LogP) is 7.30. The molecular formula is C22H32F2O. The molecule has 0 amide bonds. The van der Waals surface area contributed by atoms with Crippen LogP contribution in [0.5, 0.6) is 5.75 Å². The summed E-state index contributed by atoms with van der Waals surface area (Å²) >= 11 is 0. The number of allylic oxidation sites excluding steroid dienone is 2. The molecule has 0 fully saturated rings. The van der Waals surface area contributed by atoms with Crippen molar-refractivity contribution in [1.82, 2.24) is 0 Å². The lowest BCUT2D eigenvalue weighted by Crippen LogP contribution is -2.07. The normalized spacial score (nSPS) is 17.4. The van der Waals surface area contributed by atoms with Gasteiger partial charge in [-0.25, -0.2) is 4.39 Å². The maximum absolute atomic E-state index is 14.5. The molecule has 3 heteroatoms. The number of hydrogen-bond acceptors (Lipinski definition) is 1. The van der Waals surface area contributed by atoms with Crippen LogP contribution in [0, 0.1) is 17.6 Å². The fourth-order valence-corrected chi connectivity index (χ4v) is 3.50. The van der Waals surface area contributed by atoms with E-state index in [4.69, 9.17) is 4.74 Å². The van der Waals surface area contributed by atoms with Crippen molar-refractivity contribution in [1.29, 1.82) is 0 Å². The van der Waals surface area contributed by atoms with Gasteiger partial charge in [-0.2, -0.15) is 4.39 Å². The second kappa shape index (κ2) is 10.6. The average molecular weight is 350 g/mol. The van der Waals surface area contributed by atoms with Crippen LogP contribution in [0.15, 0.2) is 18.2 Å². The summed E-state index contributed by atoms with van der Waals surface area (Å²) in [5.41, 5.74) is 1.35. The van der Waals surface area contributed by atoms with Crippen molar-refractivity contribution in [3.05, 3.63) is 35.4 Å². The summed E-state index contributed by atoms with van der Waals surface area (Å²) in [5, 5.41) is 0. The summed E-state index contributed by atoms with van der Waals surface area (Å²) < 4.78 is 34.2. The van der Waals surface area contributed by atoms with Crippen molar-refractivity contribution in [3.63, 3.8) is 0 Å². The van der Waals surface area contributed by atoms with Gasteiger partial charge in [0.2, 0.25) is 5.82 Å². The van der Waals surface area contributed by atoms with E-state index in [0.717, 1.165) is 44.1 Å². The number of halogens is 2. The maximum atomic E-state index is 14.5. The lowest BCUT2D eigenvalue weighted by atomic mass is 9.83. The van der Waals surface area contributed by atoms with Gasteiger partial charge in [-0.1, -0.05) is 58.4 Å². The molecule has 0 radical (unpaired) electrons. The van der Waals surface area contributed by atoms with Gasteiger partial charge in [-0.05, 0) is 49.3 Å². The fraction of sp³-hybridized carbons (Fsp3) is 0.636. The van der Waals surface area contributed by atoms with E-state index in [1.165, 1.54) is 25.7 Å². The number of rotatable bonds is 10. The monoisotopic (exact) mass is 350 g/mol. The van der Waals surface area contributed by atoms with Gasteiger partial charge in [-0.3, -0.25) is 0 Å². The van der Waals surface area contributed by atoms with Crippen LogP contribution in [0.1, 0.15) is 83.6 Å². The number of hydrogen-bond donors (Lipinski definition) is 0. The highest BCUT2D eigenvalue weighted by Crippen LogP contribution is 2.35. The van der Waals surface area contributed by atoms with E-state index in [2.05, 4.69) is 19.9 Å². The van der Waals surface area contributed by atoms with Gasteiger partial charge in [0.15, 0.2) is 11.6 Å². The van der Waals surface area contributed by atoms with E-state index in [9.17, 15) is 8.78 Å². The number of benzene rings is 1. The molecule has 1 nitrogen and oxygen atoms in total. The SMILES string of the molecule is CCCCCOc1ccc(C2=CCC(CCCCC)CC2)c(F)c1F. The highest BCUT2D eigenvalue weighted by Gasteiger charge is 2.21. The first-order chi connectivity index (χ1) is 12.2. The predicted molar refractivity (Wildman–Crippen MR) is 101 cm³/mol. The highest BCUT2D eigenvalue weighted by molar-refractivity contribution is 5.67. The second-order valence-electron chi connectivity index (χ2n) is 7.16. The van der Waals surface area contributed by atoms with E-state index >= 15 is 0 Å². The Morgan fingerprint density at radius 3 is 2.44 bits per heavy atom. The van der Waals surface area contributed by atoms with E-state index in [1.54, 1.807) is 12.1 Å². The van der Waals surface area contributed by atoms with Crippen LogP contribution < -0.4 is 4.74 Å².